The molecule has 35 heavy (non-hydrogen) atoms. The number of rotatable bonds is 19. The number of carbonyl (C=O) groups excluding carboxylic acids is 2. The van der Waals surface area contributed by atoms with E-state index in [1.807, 2.05) is 30.3 Å². The summed E-state index contributed by atoms with van der Waals surface area (Å²) in [7, 11) is 0. The van der Waals surface area contributed by atoms with Crippen molar-refractivity contribution in [2.45, 2.75) is 96.6 Å². The Morgan fingerprint density at radius 2 is 1.49 bits per heavy atom. The maximum atomic E-state index is 12.1. The molecule has 0 aliphatic rings. The zero-order valence-corrected chi connectivity index (χ0v) is 21.7. The fourth-order valence-corrected chi connectivity index (χ4v) is 3.37. The summed E-state index contributed by atoms with van der Waals surface area (Å²) in [5.74, 6) is -0.756. The zero-order valence-electron chi connectivity index (χ0n) is 21.7. The van der Waals surface area contributed by atoms with E-state index < -0.39 is 18.1 Å². The van der Waals surface area contributed by atoms with Gasteiger partial charge in [-0.3, -0.25) is 9.59 Å². The van der Waals surface area contributed by atoms with Gasteiger partial charge in [-0.05, 0) is 63.9 Å². The highest BCUT2D eigenvalue weighted by Gasteiger charge is 2.19. The van der Waals surface area contributed by atoms with Crippen molar-refractivity contribution in [3.8, 4) is 0 Å². The summed E-state index contributed by atoms with van der Waals surface area (Å²) < 4.78 is 10.5. The van der Waals surface area contributed by atoms with Gasteiger partial charge >= 0.3 is 11.9 Å². The highest BCUT2D eigenvalue weighted by atomic mass is 16.6. The molecule has 0 saturated heterocycles. The van der Waals surface area contributed by atoms with Crippen LogP contribution < -0.4 is 5.73 Å². The first-order valence-electron chi connectivity index (χ1n) is 13.1. The number of unbranched alkanes of at least 4 members (excludes halogenated alkanes) is 5. The number of nitrogens with two attached hydrogens (primary N) is 1. The van der Waals surface area contributed by atoms with Gasteiger partial charge in [0.1, 0.15) is 18.8 Å². The molecule has 194 valence electrons. The van der Waals surface area contributed by atoms with Gasteiger partial charge in [0.2, 0.25) is 0 Å². The predicted molar refractivity (Wildman–Crippen MR) is 144 cm³/mol. The number of hydrogen-bond donors (Lipinski definition) is 1. The molecule has 1 aromatic rings. The van der Waals surface area contributed by atoms with Crippen molar-refractivity contribution in [2.75, 3.05) is 6.61 Å². The molecule has 0 saturated carbocycles. The molecule has 0 bridgehead atoms. The van der Waals surface area contributed by atoms with Crippen LogP contribution >= 0.6 is 0 Å². The molecular formula is C30H45NO4. The van der Waals surface area contributed by atoms with Gasteiger partial charge in [0, 0.05) is 6.42 Å². The SMILES string of the molecule is CCCCC/C=C\C/C=C\C/C=C\CCCCC(=O)OC[C@H](C)OC(=O)[C@@H](N)Cc1ccccc1. The van der Waals surface area contributed by atoms with Crippen LogP contribution in [0.3, 0.4) is 0 Å². The number of benzene rings is 1. The Labute approximate surface area is 212 Å². The van der Waals surface area contributed by atoms with E-state index >= 15 is 0 Å². The Bertz CT molecular complexity index is 770. The van der Waals surface area contributed by atoms with Crippen molar-refractivity contribution >= 4 is 11.9 Å². The highest BCUT2D eigenvalue weighted by Crippen LogP contribution is 2.07. The predicted octanol–water partition coefficient (Wildman–Crippen LogP) is 6.62. The molecular weight excluding hydrogens is 438 g/mol. The normalized spacial score (nSPS) is 13.5. The highest BCUT2D eigenvalue weighted by molar-refractivity contribution is 5.76. The van der Waals surface area contributed by atoms with Crippen LogP contribution in [0.5, 0.6) is 0 Å². The molecule has 0 amide bonds. The van der Waals surface area contributed by atoms with Crippen molar-refractivity contribution in [2.24, 2.45) is 5.73 Å². The molecule has 0 aliphatic heterocycles. The summed E-state index contributed by atoms with van der Waals surface area (Å²) in [6, 6.07) is 8.81. The van der Waals surface area contributed by atoms with E-state index in [9.17, 15) is 9.59 Å². The van der Waals surface area contributed by atoms with Crippen molar-refractivity contribution in [3.05, 3.63) is 72.4 Å². The Morgan fingerprint density at radius 1 is 0.886 bits per heavy atom. The van der Waals surface area contributed by atoms with Gasteiger partial charge in [0.05, 0.1) is 0 Å². The maximum absolute atomic E-state index is 12.1. The molecule has 0 spiro atoms. The van der Waals surface area contributed by atoms with Crippen LogP contribution in [0.15, 0.2) is 66.8 Å². The third-order valence-electron chi connectivity index (χ3n) is 5.42. The summed E-state index contributed by atoms with van der Waals surface area (Å²) >= 11 is 0. The molecule has 0 radical (unpaired) electrons. The molecule has 2 atom stereocenters. The Balaban J connectivity index is 2.03. The lowest BCUT2D eigenvalue weighted by molar-refractivity contribution is -0.159. The number of esters is 2. The first kappa shape index (κ1) is 30.4. The fourth-order valence-electron chi connectivity index (χ4n) is 3.37. The molecule has 0 fully saturated rings. The van der Waals surface area contributed by atoms with Crippen LogP contribution in [0.25, 0.3) is 0 Å². The molecule has 0 aromatic heterocycles. The number of ether oxygens (including phenoxy) is 2. The summed E-state index contributed by atoms with van der Waals surface area (Å²) in [5.41, 5.74) is 6.90. The van der Waals surface area contributed by atoms with Gasteiger partial charge in [0.25, 0.3) is 0 Å². The van der Waals surface area contributed by atoms with E-state index in [1.165, 1.54) is 25.7 Å². The Hall–Kier alpha value is -2.66. The molecule has 1 aromatic carbocycles. The van der Waals surface area contributed by atoms with Gasteiger partial charge in [-0.25, -0.2) is 0 Å². The smallest absolute Gasteiger partial charge is 0.323 e. The van der Waals surface area contributed by atoms with Crippen LogP contribution in [-0.2, 0) is 25.5 Å². The number of carbonyl (C=O) groups is 2. The Morgan fingerprint density at radius 3 is 2.11 bits per heavy atom. The van der Waals surface area contributed by atoms with E-state index in [2.05, 4.69) is 43.4 Å². The topological polar surface area (TPSA) is 78.6 Å². The van der Waals surface area contributed by atoms with Crippen molar-refractivity contribution < 1.29 is 19.1 Å². The first-order chi connectivity index (χ1) is 17.0. The first-order valence-corrected chi connectivity index (χ1v) is 13.1. The largest absolute Gasteiger partial charge is 0.462 e. The molecule has 0 aliphatic carbocycles. The standard InChI is InChI=1S/C30H45NO4/c1-3-4-5-6-7-8-9-10-11-12-13-14-15-16-20-23-29(32)34-25-26(2)35-30(33)28(31)24-27-21-18-17-19-22-27/h7-8,10-11,13-14,17-19,21-22,26,28H,3-6,9,12,15-16,20,23-25,31H2,1-2H3/b8-7-,11-10-,14-13-/t26-,28-/m0/s1. The molecule has 5 heteroatoms. The lowest BCUT2D eigenvalue weighted by Crippen LogP contribution is -2.37. The molecule has 2 N–H and O–H groups in total. The number of allylic oxidation sites excluding steroid dienone is 6. The van der Waals surface area contributed by atoms with Crippen molar-refractivity contribution in [1.82, 2.24) is 0 Å². The molecule has 0 unspecified atom stereocenters. The van der Waals surface area contributed by atoms with Crippen LogP contribution in [0.1, 0.15) is 83.6 Å². The van der Waals surface area contributed by atoms with E-state index in [0.29, 0.717) is 12.8 Å². The van der Waals surface area contributed by atoms with Crippen LogP contribution in [0.4, 0.5) is 0 Å². The van der Waals surface area contributed by atoms with E-state index in [0.717, 1.165) is 37.7 Å². The van der Waals surface area contributed by atoms with Gasteiger partial charge in [-0.2, -0.15) is 0 Å². The van der Waals surface area contributed by atoms with Gasteiger partial charge in [0.15, 0.2) is 0 Å². The second-order valence-electron chi connectivity index (χ2n) is 8.85. The lowest BCUT2D eigenvalue weighted by Gasteiger charge is -2.17. The van der Waals surface area contributed by atoms with Crippen molar-refractivity contribution in [1.29, 1.82) is 0 Å². The van der Waals surface area contributed by atoms with Crippen molar-refractivity contribution in [3.63, 3.8) is 0 Å². The fraction of sp³-hybridized carbons (Fsp3) is 0.533. The molecule has 5 nitrogen and oxygen atoms in total. The Kier molecular flexibility index (Phi) is 18.0. The number of hydrogen-bond acceptors (Lipinski definition) is 5. The third kappa shape index (κ3) is 17.4. The van der Waals surface area contributed by atoms with Gasteiger partial charge in [-0.15, -0.1) is 0 Å². The lowest BCUT2D eigenvalue weighted by atomic mass is 10.1. The summed E-state index contributed by atoms with van der Waals surface area (Å²) in [5, 5.41) is 0. The van der Waals surface area contributed by atoms with Crippen LogP contribution in [-0.4, -0.2) is 30.7 Å². The quantitative estimate of drug-likeness (QED) is 0.136. The van der Waals surface area contributed by atoms with Gasteiger partial charge in [-0.1, -0.05) is 86.6 Å². The van der Waals surface area contributed by atoms with Crippen LogP contribution in [0.2, 0.25) is 0 Å². The van der Waals surface area contributed by atoms with E-state index in [1.54, 1.807) is 6.92 Å². The summed E-state index contributed by atoms with van der Waals surface area (Å²) in [6.07, 6.45) is 23.1. The van der Waals surface area contributed by atoms with E-state index in [-0.39, 0.29) is 12.6 Å². The van der Waals surface area contributed by atoms with Crippen LogP contribution in [0, 0.1) is 0 Å². The minimum absolute atomic E-state index is 0.0444. The van der Waals surface area contributed by atoms with E-state index in [4.69, 9.17) is 15.2 Å². The summed E-state index contributed by atoms with van der Waals surface area (Å²) in [4.78, 5) is 24.1. The second-order valence-corrected chi connectivity index (χ2v) is 8.85. The third-order valence-corrected chi connectivity index (χ3v) is 5.42. The van der Waals surface area contributed by atoms with Gasteiger partial charge < -0.3 is 15.2 Å². The zero-order chi connectivity index (χ0) is 25.6. The minimum atomic E-state index is -0.740. The minimum Gasteiger partial charge on any atom is -0.462 e. The molecule has 0 heterocycles. The summed E-state index contributed by atoms with van der Waals surface area (Å²) in [6.45, 7) is 3.97. The maximum Gasteiger partial charge on any atom is 0.323 e. The second kappa shape index (κ2) is 20.7. The molecule has 1 rings (SSSR count). The average molecular weight is 484 g/mol. The average Bonchev–Trinajstić information content (AvgIpc) is 2.85. The monoisotopic (exact) mass is 483 g/mol.